The van der Waals surface area contributed by atoms with Crippen molar-refractivity contribution < 1.29 is 9.53 Å². The predicted octanol–water partition coefficient (Wildman–Crippen LogP) is 3.00. The summed E-state index contributed by atoms with van der Waals surface area (Å²) in [5.41, 5.74) is 1.36. The topological polar surface area (TPSA) is 44.1 Å². The summed E-state index contributed by atoms with van der Waals surface area (Å²) in [6.07, 6.45) is 7.91. The Hall–Kier alpha value is -2.36. The number of hydrogen-bond acceptors (Lipinski definition) is 3. The zero-order chi connectivity index (χ0) is 13.5. The normalized spacial score (nSPS) is 10.8. The van der Waals surface area contributed by atoms with E-state index in [0.29, 0.717) is 12.2 Å². The zero-order valence-electron chi connectivity index (χ0n) is 10.8. The van der Waals surface area contributed by atoms with Crippen molar-refractivity contribution in [2.75, 3.05) is 6.61 Å². The van der Waals surface area contributed by atoms with Crippen molar-refractivity contribution in [1.29, 1.82) is 0 Å². The molecule has 0 bridgehead atoms. The Morgan fingerprint density at radius 3 is 2.84 bits per heavy atom. The maximum atomic E-state index is 11.7. The Morgan fingerprint density at radius 2 is 2.11 bits per heavy atom. The van der Waals surface area contributed by atoms with Gasteiger partial charge >= 0.3 is 5.97 Å². The predicted molar refractivity (Wildman–Crippen MR) is 73.3 cm³/mol. The lowest BCUT2D eigenvalue weighted by Gasteiger charge is -2.00. The van der Waals surface area contributed by atoms with Crippen molar-refractivity contribution >= 4 is 5.97 Å². The van der Waals surface area contributed by atoms with E-state index in [4.69, 9.17) is 4.74 Å². The lowest BCUT2D eigenvalue weighted by atomic mass is 10.3. The van der Waals surface area contributed by atoms with E-state index in [0.717, 1.165) is 12.1 Å². The van der Waals surface area contributed by atoms with Gasteiger partial charge in [-0.1, -0.05) is 37.3 Å². The third-order valence-corrected chi connectivity index (χ3v) is 2.55. The molecule has 0 unspecified atom stereocenters. The fraction of sp³-hybridized carbons (Fsp3) is 0.200. The summed E-state index contributed by atoms with van der Waals surface area (Å²) in [7, 11) is 0. The van der Waals surface area contributed by atoms with Crippen molar-refractivity contribution in [3.05, 3.63) is 60.4 Å². The molecule has 0 fully saturated rings. The highest BCUT2D eigenvalue weighted by Gasteiger charge is 2.09. The summed E-state index contributed by atoms with van der Waals surface area (Å²) >= 11 is 0. The van der Waals surface area contributed by atoms with E-state index in [1.165, 1.54) is 6.20 Å². The second-order valence-electron chi connectivity index (χ2n) is 3.99. The van der Waals surface area contributed by atoms with E-state index >= 15 is 0 Å². The van der Waals surface area contributed by atoms with E-state index in [2.05, 4.69) is 5.10 Å². The van der Waals surface area contributed by atoms with Crippen molar-refractivity contribution in [3.63, 3.8) is 0 Å². The van der Waals surface area contributed by atoms with E-state index in [1.54, 1.807) is 10.9 Å². The molecule has 0 aliphatic rings. The molecule has 0 aliphatic carbocycles. The Balaban J connectivity index is 2.01. The smallest absolute Gasteiger partial charge is 0.341 e. The van der Waals surface area contributed by atoms with Crippen LogP contribution in [-0.4, -0.2) is 22.4 Å². The third kappa shape index (κ3) is 3.55. The average molecular weight is 256 g/mol. The minimum absolute atomic E-state index is 0.295. The van der Waals surface area contributed by atoms with Crippen LogP contribution in [0.3, 0.4) is 0 Å². The van der Waals surface area contributed by atoms with Crippen LogP contribution < -0.4 is 0 Å². The Bertz CT molecular complexity index is 559. The fourth-order valence-electron chi connectivity index (χ4n) is 1.59. The molecular weight excluding hydrogens is 240 g/mol. The van der Waals surface area contributed by atoms with Crippen LogP contribution in [0.1, 0.15) is 23.7 Å². The first kappa shape index (κ1) is 13.1. The number of aromatic nitrogens is 2. The molecule has 0 spiro atoms. The van der Waals surface area contributed by atoms with Crippen LogP contribution in [0, 0.1) is 0 Å². The molecule has 1 aromatic carbocycles. The fourth-order valence-corrected chi connectivity index (χ4v) is 1.59. The highest BCUT2D eigenvalue weighted by Crippen LogP contribution is 2.08. The molecule has 1 heterocycles. The number of benzene rings is 1. The van der Waals surface area contributed by atoms with Crippen LogP contribution in [0.4, 0.5) is 0 Å². The van der Waals surface area contributed by atoms with Gasteiger partial charge in [0.05, 0.1) is 17.4 Å². The van der Waals surface area contributed by atoms with Crippen LogP contribution in [0.25, 0.3) is 5.69 Å². The standard InChI is InChI=1S/C15H16N2O2/c1-2-3-7-10-19-15(18)13-11-16-17(12-13)14-8-5-4-6-9-14/h3-9,11-12H,2,10H2,1H3/b7-3+. The molecule has 0 N–H and O–H groups in total. The first-order valence-electron chi connectivity index (χ1n) is 6.23. The molecule has 19 heavy (non-hydrogen) atoms. The van der Waals surface area contributed by atoms with Gasteiger partial charge < -0.3 is 4.74 Å². The first-order chi connectivity index (χ1) is 9.31. The lowest BCUT2D eigenvalue weighted by molar-refractivity contribution is 0.0549. The van der Waals surface area contributed by atoms with E-state index in [-0.39, 0.29) is 5.97 Å². The van der Waals surface area contributed by atoms with Crippen molar-refractivity contribution in [2.24, 2.45) is 0 Å². The summed E-state index contributed by atoms with van der Waals surface area (Å²) in [6, 6.07) is 9.62. The number of esters is 1. The second-order valence-corrected chi connectivity index (χ2v) is 3.99. The van der Waals surface area contributed by atoms with Gasteiger partial charge in [0.15, 0.2) is 0 Å². The third-order valence-electron chi connectivity index (χ3n) is 2.55. The number of nitrogens with zero attached hydrogens (tertiary/aromatic N) is 2. The number of ether oxygens (including phenoxy) is 1. The Morgan fingerprint density at radius 1 is 1.32 bits per heavy atom. The highest BCUT2D eigenvalue weighted by atomic mass is 16.5. The summed E-state index contributed by atoms with van der Waals surface area (Å²) in [4.78, 5) is 11.7. The maximum Gasteiger partial charge on any atom is 0.341 e. The molecular formula is C15H16N2O2. The number of carbonyl (C=O) groups is 1. The molecule has 0 radical (unpaired) electrons. The Labute approximate surface area is 112 Å². The van der Waals surface area contributed by atoms with Gasteiger partial charge in [-0.3, -0.25) is 0 Å². The van der Waals surface area contributed by atoms with E-state index < -0.39 is 0 Å². The van der Waals surface area contributed by atoms with Crippen LogP contribution in [-0.2, 0) is 4.74 Å². The van der Waals surface area contributed by atoms with Gasteiger partial charge in [0.25, 0.3) is 0 Å². The van der Waals surface area contributed by atoms with Crippen LogP contribution in [0.15, 0.2) is 54.9 Å². The molecule has 2 aromatic rings. The number of allylic oxidation sites excluding steroid dienone is 1. The van der Waals surface area contributed by atoms with Gasteiger partial charge in [-0.25, -0.2) is 9.48 Å². The minimum Gasteiger partial charge on any atom is -0.458 e. The molecule has 1 aromatic heterocycles. The van der Waals surface area contributed by atoms with Crippen LogP contribution in [0.5, 0.6) is 0 Å². The van der Waals surface area contributed by atoms with Gasteiger partial charge in [-0.15, -0.1) is 0 Å². The largest absolute Gasteiger partial charge is 0.458 e. The summed E-state index contributed by atoms with van der Waals surface area (Å²) in [5, 5.41) is 4.15. The molecule has 98 valence electrons. The molecule has 0 amide bonds. The molecule has 2 rings (SSSR count). The van der Waals surface area contributed by atoms with E-state index in [9.17, 15) is 4.79 Å². The van der Waals surface area contributed by atoms with Gasteiger partial charge in [0.2, 0.25) is 0 Å². The molecule has 0 saturated carbocycles. The van der Waals surface area contributed by atoms with Crippen molar-refractivity contribution in [2.45, 2.75) is 13.3 Å². The SMILES string of the molecule is CC/C=C/COC(=O)c1cnn(-c2ccccc2)c1. The quantitative estimate of drug-likeness (QED) is 0.610. The van der Waals surface area contributed by atoms with Crippen LogP contribution in [0.2, 0.25) is 0 Å². The average Bonchev–Trinajstić information content (AvgIpc) is 2.94. The summed E-state index contributed by atoms with van der Waals surface area (Å²) in [5.74, 6) is -0.358. The molecule has 4 nitrogen and oxygen atoms in total. The van der Waals surface area contributed by atoms with Gasteiger partial charge in [0.1, 0.15) is 6.61 Å². The lowest BCUT2D eigenvalue weighted by Crippen LogP contribution is -2.04. The van der Waals surface area contributed by atoms with Crippen molar-refractivity contribution in [3.8, 4) is 5.69 Å². The second kappa shape index (κ2) is 6.54. The number of hydrogen-bond donors (Lipinski definition) is 0. The number of para-hydroxylation sites is 1. The highest BCUT2D eigenvalue weighted by molar-refractivity contribution is 5.88. The molecule has 0 aliphatic heterocycles. The minimum atomic E-state index is -0.358. The van der Waals surface area contributed by atoms with E-state index in [1.807, 2.05) is 49.4 Å². The number of carbonyl (C=O) groups excluding carboxylic acids is 1. The Kier molecular flexibility index (Phi) is 4.50. The summed E-state index contributed by atoms with van der Waals surface area (Å²) in [6.45, 7) is 2.32. The molecule has 4 heteroatoms. The van der Waals surface area contributed by atoms with Gasteiger partial charge in [0, 0.05) is 6.20 Å². The molecule has 0 atom stereocenters. The monoisotopic (exact) mass is 256 g/mol. The maximum absolute atomic E-state index is 11.7. The summed E-state index contributed by atoms with van der Waals surface area (Å²) < 4.78 is 6.75. The van der Waals surface area contributed by atoms with Gasteiger partial charge in [-0.05, 0) is 18.6 Å². The zero-order valence-corrected chi connectivity index (χ0v) is 10.8. The first-order valence-corrected chi connectivity index (χ1v) is 6.23. The number of rotatable bonds is 5. The van der Waals surface area contributed by atoms with Crippen molar-refractivity contribution in [1.82, 2.24) is 9.78 Å². The van der Waals surface area contributed by atoms with Crippen LogP contribution >= 0.6 is 0 Å². The van der Waals surface area contributed by atoms with Gasteiger partial charge in [-0.2, -0.15) is 5.10 Å². The molecule has 0 saturated heterocycles.